The van der Waals surface area contributed by atoms with E-state index in [9.17, 15) is 14.5 Å². The molecule has 0 amide bonds. The highest BCUT2D eigenvalue weighted by Gasteiger charge is 2.13. The molecule has 0 bridgehead atoms. The number of hydrogen-bond donors (Lipinski definition) is 1. The van der Waals surface area contributed by atoms with Gasteiger partial charge >= 0.3 is 0 Å². The van der Waals surface area contributed by atoms with Crippen molar-refractivity contribution in [1.82, 2.24) is 5.32 Å². The number of nitriles is 1. The molecule has 0 aliphatic heterocycles. The normalized spacial score (nSPS) is 11.9. The summed E-state index contributed by atoms with van der Waals surface area (Å²) in [5.41, 5.74) is -0.328. The predicted octanol–water partition coefficient (Wildman–Crippen LogP) is 2.39. The molecule has 0 aromatic heterocycles. The van der Waals surface area contributed by atoms with Gasteiger partial charge in [-0.05, 0) is 19.9 Å². The van der Waals surface area contributed by atoms with Crippen LogP contribution in [0.15, 0.2) is 18.2 Å². The van der Waals surface area contributed by atoms with Crippen molar-refractivity contribution >= 4 is 5.69 Å². The van der Waals surface area contributed by atoms with Crippen molar-refractivity contribution < 1.29 is 14.1 Å². The van der Waals surface area contributed by atoms with E-state index in [1.807, 2.05) is 13.8 Å². The van der Waals surface area contributed by atoms with Crippen molar-refractivity contribution in [3.8, 4) is 11.8 Å². The van der Waals surface area contributed by atoms with E-state index in [0.717, 1.165) is 6.07 Å². The summed E-state index contributed by atoms with van der Waals surface area (Å²) in [6, 6.07) is 5.06. The topological polar surface area (TPSA) is 88.2 Å². The zero-order valence-corrected chi connectivity index (χ0v) is 11.3. The summed E-state index contributed by atoms with van der Waals surface area (Å²) in [6.45, 7) is 3.98. The molecular formula is C13H16FN3O3. The van der Waals surface area contributed by atoms with E-state index in [1.165, 1.54) is 12.1 Å². The Morgan fingerprint density at radius 2 is 2.25 bits per heavy atom. The summed E-state index contributed by atoms with van der Waals surface area (Å²) in [5, 5.41) is 22.4. The van der Waals surface area contributed by atoms with Gasteiger partial charge in [-0.25, -0.2) is 4.39 Å². The Balaban J connectivity index is 2.54. The van der Waals surface area contributed by atoms with Crippen LogP contribution in [-0.4, -0.2) is 23.6 Å². The third-order valence-corrected chi connectivity index (χ3v) is 2.48. The van der Waals surface area contributed by atoms with Gasteiger partial charge in [0.15, 0.2) is 11.6 Å². The Bertz CT molecular complexity index is 514. The minimum atomic E-state index is -0.787. The molecule has 0 fully saturated rings. The first-order chi connectivity index (χ1) is 9.43. The zero-order chi connectivity index (χ0) is 15.1. The molecule has 0 heterocycles. The Labute approximate surface area is 116 Å². The fourth-order valence-electron chi connectivity index (χ4n) is 1.59. The highest BCUT2D eigenvalue weighted by molar-refractivity contribution is 5.37. The van der Waals surface area contributed by atoms with Gasteiger partial charge < -0.3 is 4.74 Å². The van der Waals surface area contributed by atoms with Crippen LogP contribution in [0.25, 0.3) is 0 Å². The van der Waals surface area contributed by atoms with E-state index in [0.29, 0.717) is 6.42 Å². The number of nitrogens with zero attached hydrogens (tertiary/aromatic N) is 2. The number of rotatable bonds is 7. The van der Waals surface area contributed by atoms with E-state index in [4.69, 9.17) is 10.00 Å². The molecule has 108 valence electrons. The second-order valence-electron chi connectivity index (χ2n) is 4.51. The van der Waals surface area contributed by atoms with Gasteiger partial charge in [0.05, 0.1) is 29.7 Å². The van der Waals surface area contributed by atoms with Crippen LogP contribution in [0.5, 0.6) is 5.75 Å². The summed E-state index contributed by atoms with van der Waals surface area (Å²) in [4.78, 5) is 9.79. The second-order valence-corrected chi connectivity index (χ2v) is 4.51. The smallest absolute Gasteiger partial charge is 0.272 e. The lowest BCUT2D eigenvalue weighted by atomic mass is 10.2. The highest BCUT2D eigenvalue weighted by atomic mass is 19.1. The average molecular weight is 281 g/mol. The first-order valence-electron chi connectivity index (χ1n) is 6.16. The number of hydrogen-bond acceptors (Lipinski definition) is 5. The summed E-state index contributed by atoms with van der Waals surface area (Å²) < 4.78 is 18.7. The van der Waals surface area contributed by atoms with Crippen molar-refractivity contribution in [2.75, 3.05) is 6.61 Å². The SMILES string of the molecule is CC(C)NC(C#N)CCOc1ccc([N+](=O)[O-])cc1F. The standard InChI is InChI=1S/C13H16FN3O3/c1-9(2)16-10(8-15)5-6-20-13-4-3-11(17(18)19)7-12(13)14/h3-4,7,9-10,16H,5-6H2,1-2H3. The van der Waals surface area contributed by atoms with Crippen LogP contribution >= 0.6 is 0 Å². The monoisotopic (exact) mass is 281 g/mol. The summed E-state index contributed by atoms with van der Waals surface area (Å²) >= 11 is 0. The quantitative estimate of drug-likeness (QED) is 0.612. The van der Waals surface area contributed by atoms with Crippen molar-refractivity contribution in [2.24, 2.45) is 0 Å². The molecule has 6 nitrogen and oxygen atoms in total. The van der Waals surface area contributed by atoms with Gasteiger partial charge in [0.2, 0.25) is 0 Å². The third kappa shape index (κ3) is 4.82. The van der Waals surface area contributed by atoms with Crippen LogP contribution < -0.4 is 10.1 Å². The molecule has 1 rings (SSSR count). The highest BCUT2D eigenvalue weighted by Crippen LogP contribution is 2.22. The Hall–Kier alpha value is -2.20. The molecule has 20 heavy (non-hydrogen) atoms. The maximum atomic E-state index is 13.5. The minimum absolute atomic E-state index is 0.0585. The predicted molar refractivity (Wildman–Crippen MR) is 70.8 cm³/mol. The molecule has 0 radical (unpaired) electrons. The maximum Gasteiger partial charge on any atom is 0.272 e. The van der Waals surface area contributed by atoms with Gasteiger partial charge in [-0.2, -0.15) is 5.26 Å². The van der Waals surface area contributed by atoms with E-state index >= 15 is 0 Å². The molecule has 0 aliphatic carbocycles. The van der Waals surface area contributed by atoms with Crippen LogP contribution in [-0.2, 0) is 0 Å². The molecule has 1 unspecified atom stereocenters. The lowest BCUT2D eigenvalue weighted by Gasteiger charge is -2.14. The molecule has 0 aliphatic rings. The Morgan fingerprint density at radius 1 is 1.55 bits per heavy atom. The number of nitrogens with one attached hydrogen (secondary N) is 1. The molecule has 1 aromatic carbocycles. The van der Waals surface area contributed by atoms with E-state index < -0.39 is 10.7 Å². The molecule has 1 aromatic rings. The van der Waals surface area contributed by atoms with Crippen LogP contribution in [0.4, 0.5) is 10.1 Å². The fourth-order valence-corrected chi connectivity index (χ4v) is 1.59. The first kappa shape index (κ1) is 15.9. The van der Waals surface area contributed by atoms with E-state index in [1.54, 1.807) is 0 Å². The number of non-ortho nitro benzene ring substituents is 1. The Morgan fingerprint density at radius 3 is 2.75 bits per heavy atom. The molecule has 0 saturated heterocycles. The minimum Gasteiger partial charge on any atom is -0.490 e. The number of benzene rings is 1. The first-order valence-corrected chi connectivity index (χ1v) is 6.16. The molecule has 1 atom stereocenters. The van der Waals surface area contributed by atoms with Crippen LogP contribution in [0.3, 0.4) is 0 Å². The number of ether oxygens (including phenoxy) is 1. The van der Waals surface area contributed by atoms with Gasteiger partial charge in [-0.15, -0.1) is 0 Å². The van der Waals surface area contributed by atoms with Crippen molar-refractivity contribution in [2.45, 2.75) is 32.4 Å². The van der Waals surface area contributed by atoms with E-state index in [2.05, 4.69) is 11.4 Å². The molecule has 0 saturated carbocycles. The van der Waals surface area contributed by atoms with Crippen LogP contribution in [0.1, 0.15) is 20.3 Å². The van der Waals surface area contributed by atoms with E-state index in [-0.39, 0.29) is 30.1 Å². The number of halogens is 1. The van der Waals surface area contributed by atoms with Gasteiger partial charge in [0.25, 0.3) is 5.69 Å². The van der Waals surface area contributed by atoms with Crippen LogP contribution in [0.2, 0.25) is 0 Å². The van der Waals surface area contributed by atoms with Gasteiger partial charge in [-0.3, -0.25) is 15.4 Å². The summed E-state index contributed by atoms with van der Waals surface area (Å²) in [7, 11) is 0. The molecular weight excluding hydrogens is 265 g/mol. The van der Waals surface area contributed by atoms with Crippen molar-refractivity contribution in [1.29, 1.82) is 5.26 Å². The zero-order valence-electron chi connectivity index (χ0n) is 11.3. The third-order valence-electron chi connectivity index (χ3n) is 2.48. The molecule has 1 N–H and O–H groups in total. The second kappa shape index (κ2) is 7.40. The van der Waals surface area contributed by atoms with Crippen molar-refractivity contribution in [3.05, 3.63) is 34.1 Å². The number of nitro benzene ring substituents is 1. The van der Waals surface area contributed by atoms with Crippen LogP contribution in [0, 0.1) is 27.3 Å². The maximum absolute atomic E-state index is 13.5. The lowest BCUT2D eigenvalue weighted by Crippen LogP contribution is -2.34. The number of nitro groups is 1. The summed E-state index contributed by atoms with van der Waals surface area (Å²) in [6.07, 6.45) is 0.394. The summed E-state index contributed by atoms with van der Waals surface area (Å²) in [5.74, 6) is -0.846. The van der Waals surface area contributed by atoms with Gasteiger partial charge in [0.1, 0.15) is 0 Å². The Kier molecular flexibility index (Phi) is 5.87. The molecule has 0 spiro atoms. The largest absolute Gasteiger partial charge is 0.490 e. The average Bonchev–Trinajstić information content (AvgIpc) is 2.38. The fraction of sp³-hybridized carbons (Fsp3) is 0.462. The van der Waals surface area contributed by atoms with Crippen molar-refractivity contribution in [3.63, 3.8) is 0 Å². The van der Waals surface area contributed by atoms with Gasteiger partial charge in [0, 0.05) is 18.5 Å². The molecule has 7 heteroatoms. The van der Waals surface area contributed by atoms with Gasteiger partial charge in [-0.1, -0.05) is 0 Å². The lowest BCUT2D eigenvalue weighted by molar-refractivity contribution is -0.385.